The van der Waals surface area contributed by atoms with Gasteiger partial charge in [0.05, 0.1) is 16.6 Å². The summed E-state index contributed by atoms with van der Waals surface area (Å²) in [5.74, 6) is 0. The number of H-pyrrole nitrogens is 1. The second kappa shape index (κ2) is 6.23. The molecule has 0 bridgehead atoms. The number of benzene rings is 2. The zero-order valence-electron chi connectivity index (χ0n) is 13.6. The average Bonchev–Trinajstić information content (AvgIpc) is 3.03. The van der Waals surface area contributed by atoms with Crippen LogP contribution in [0.2, 0.25) is 0 Å². The van der Waals surface area contributed by atoms with Gasteiger partial charge in [-0.05, 0) is 48.7 Å². The minimum absolute atomic E-state index is 0.149. The summed E-state index contributed by atoms with van der Waals surface area (Å²) in [7, 11) is 0. The van der Waals surface area contributed by atoms with Crippen LogP contribution in [0.4, 0.5) is 0 Å². The van der Waals surface area contributed by atoms with Crippen molar-refractivity contribution >= 4 is 22.9 Å². The number of rotatable bonds is 3. The summed E-state index contributed by atoms with van der Waals surface area (Å²) < 4.78 is 1.83. The lowest BCUT2D eigenvalue weighted by Gasteiger charge is -2.06. The molecule has 0 radical (unpaired) electrons. The van der Waals surface area contributed by atoms with E-state index in [4.69, 9.17) is 10.2 Å². The van der Waals surface area contributed by atoms with Crippen LogP contribution in [-0.2, 0) is 0 Å². The second-order valence-electron chi connectivity index (χ2n) is 5.76. The molecular formula is C19H16N4OS. The second-order valence-corrected chi connectivity index (χ2v) is 6.46. The average molecular weight is 348 g/mol. The molecule has 0 saturated heterocycles. The largest absolute Gasteiger partial charge is 0.328 e. The van der Waals surface area contributed by atoms with Gasteiger partial charge in [0.1, 0.15) is 5.69 Å². The van der Waals surface area contributed by atoms with Crippen LogP contribution in [0, 0.1) is 6.92 Å². The predicted molar refractivity (Wildman–Crippen MR) is 102 cm³/mol. The Morgan fingerprint density at radius 1 is 1.08 bits per heavy atom. The fourth-order valence-corrected chi connectivity index (χ4v) is 3.25. The van der Waals surface area contributed by atoms with Gasteiger partial charge in [-0.3, -0.25) is 9.93 Å². The lowest BCUT2D eigenvalue weighted by Crippen LogP contribution is -2.05. The van der Waals surface area contributed by atoms with E-state index in [0.29, 0.717) is 11.1 Å². The summed E-state index contributed by atoms with van der Waals surface area (Å²) in [5, 5.41) is 10.9. The van der Waals surface area contributed by atoms with E-state index in [-0.39, 0.29) is 5.56 Å². The van der Waals surface area contributed by atoms with Gasteiger partial charge in [-0.25, -0.2) is 4.68 Å². The first kappa shape index (κ1) is 15.7. The summed E-state index contributed by atoms with van der Waals surface area (Å²) in [6.45, 7) is 2.03. The Labute approximate surface area is 148 Å². The van der Waals surface area contributed by atoms with E-state index >= 15 is 0 Å². The van der Waals surface area contributed by atoms with Crippen LogP contribution in [0.1, 0.15) is 5.56 Å². The molecule has 124 valence electrons. The van der Waals surface area contributed by atoms with Crippen molar-refractivity contribution in [2.75, 3.05) is 0 Å². The van der Waals surface area contributed by atoms with Gasteiger partial charge in [0.2, 0.25) is 0 Å². The van der Waals surface area contributed by atoms with Gasteiger partial charge in [-0.15, -0.1) is 0 Å². The van der Waals surface area contributed by atoms with E-state index in [2.05, 4.69) is 4.98 Å². The van der Waals surface area contributed by atoms with Crippen LogP contribution in [0.15, 0.2) is 70.5 Å². The molecule has 25 heavy (non-hydrogen) atoms. The molecule has 0 aliphatic rings. The number of hydrogen-bond acceptors (Lipinski definition) is 4. The van der Waals surface area contributed by atoms with Gasteiger partial charge in [-0.1, -0.05) is 30.3 Å². The van der Waals surface area contributed by atoms with Crippen molar-refractivity contribution in [2.45, 2.75) is 11.8 Å². The van der Waals surface area contributed by atoms with Crippen molar-refractivity contribution in [3.05, 3.63) is 76.7 Å². The molecular weight excluding hydrogens is 332 g/mol. The fraction of sp³-hybridized carbons (Fsp3) is 0.0526. The number of aryl methyl sites for hydroxylation is 1. The fourth-order valence-electron chi connectivity index (χ4n) is 2.96. The molecule has 6 heteroatoms. The number of fused-ring (bicyclic) bond motifs is 1. The van der Waals surface area contributed by atoms with E-state index in [9.17, 15) is 4.79 Å². The molecule has 0 spiro atoms. The van der Waals surface area contributed by atoms with Gasteiger partial charge >= 0.3 is 0 Å². The van der Waals surface area contributed by atoms with E-state index in [0.717, 1.165) is 27.2 Å². The van der Waals surface area contributed by atoms with Crippen LogP contribution in [0.5, 0.6) is 0 Å². The summed E-state index contributed by atoms with van der Waals surface area (Å²) in [6.07, 6.45) is 1.65. The van der Waals surface area contributed by atoms with Crippen molar-refractivity contribution in [3.8, 4) is 16.9 Å². The summed E-state index contributed by atoms with van der Waals surface area (Å²) >= 11 is 1.19. The monoisotopic (exact) mass is 348 g/mol. The molecule has 0 fully saturated rings. The van der Waals surface area contributed by atoms with Crippen molar-refractivity contribution in [2.24, 2.45) is 5.14 Å². The minimum Gasteiger partial charge on any atom is -0.328 e. The topological polar surface area (TPSA) is 76.7 Å². The Morgan fingerprint density at radius 2 is 1.84 bits per heavy atom. The van der Waals surface area contributed by atoms with Crippen molar-refractivity contribution in [1.29, 1.82) is 0 Å². The highest BCUT2D eigenvalue weighted by Gasteiger charge is 2.17. The van der Waals surface area contributed by atoms with E-state index in [1.807, 2.05) is 66.2 Å². The molecule has 4 rings (SSSR count). The Hall–Kier alpha value is -2.83. The lowest BCUT2D eigenvalue weighted by atomic mass is 10.1. The van der Waals surface area contributed by atoms with E-state index in [1.165, 1.54) is 11.9 Å². The zero-order chi connectivity index (χ0) is 17.4. The standard InChI is InChI=1S/C19H16N4OS/c1-12-4-2-3-5-15(12)23-16-10-11-21-19(24)17(16)18(22-23)13-6-8-14(25-20)9-7-13/h2-11H,20H2,1H3,(H,21,24). The lowest BCUT2D eigenvalue weighted by molar-refractivity contribution is 0.906. The van der Waals surface area contributed by atoms with Gasteiger partial charge in [0, 0.05) is 16.7 Å². The van der Waals surface area contributed by atoms with Crippen LogP contribution < -0.4 is 10.7 Å². The summed E-state index contributed by atoms with van der Waals surface area (Å²) in [4.78, 5) is 16.2. The normalized spacial score (nSPS) is 11.1. The van der Waals surface area contributed by atoms with Crippen molar-refractivity contribution < 1.29 is 0 Å². The number of aromatic nitrogens is 3. The van der Waals surface area contributed by atoms with Crippen LogP contribution in [0.25, 0.3) is 27.8 Å². The molecule has 0 aliphatic carbocycles. The maximum absolute atomic E-state index is 12.5. The molecule has 2 aromatic carbocycles. The quantitative estimate of drug-likeness (QED) is 0.554. The molecule has 2 heterocycles. The molecule has 0 aliphatic heterocycles. The molecule has 0 atom stereocenters. The molecule has 0 unspecified atom stereocenters. The zero-order valence-corrected chi connectivity index (χ0v) is 14.4. The SMILES string of the molecule is Cc1ccccc1-n1nc(-c2ccc(SN)cc2)c2c(=O)[nH]ccc21. The first-order chi connectivity index (χ1) is 12.2. The third-order valence-electron chi connectivity index (χ3n) is 4.21. The minimum atomic E-state index is -0.149. The molecule has 5 nitrogen and oxygen atoms in total. The maximum Gasteiger partial charge on any atom is 0.259 e. The predicted octanol–water partition coefficient (Wildman–Crippen LogP) is 3.66. The number of aromatic amines is 1. The van der Waals surface area contributed by atoms with E-state index < -0.39 is 0 Å². The summed E-state index contributed by atoms with van der Waals surface area (Å²) in [5.41, 5.74) is 4.22. The first-order valence-corrected chi connectivity index (χ1v) is 8.70. The van der Waals surface area contributed by atoms with Crippen molar-refractivity contribution in [3.63, 3.8) is 0 Å². The van der Waals surface area contributed by atoms with Gasteiger partial charge in [0.25, 0.3) is 5.56 Å². The third-order valence-corrected chi connectivity index (χ3v) is 4.76. The van der Waals surface area contributed by atoms with Crippen LogP contribution in [-0.4, -0.2) is 14.8 Å². The third kappa shape index (κ3) is 2.65. The Morgan fingerprint density at radius 3 is 2.56 bits per heavy atom. The first-order valence-electron chi connectivity index (χ1n) is 7.82. The number of para-hydroxylation sites is 1. The molecule has 4 aromatic rings. The van der Waals surface area contributed by atoms with Crippen LogP contribution in [0.3, 0.4) is 0 Å². The highest BCUT2D eigenvalue weighted by molar-refractivity contribution is 7.97. The van der Waals surface area contributed by atoms with Gasteiger partial charge in [0.15, 0.2) is 0 Å². The Balaban J connectivity index is 2.02. The summed E-state index contributed by atoms with van der Waals surface area (Å²) in [6, 6.07) is 17.6. The van der Waals surface area contributed by atoms with Crippen molar-refractivity contribution in [1.82, 2.24) is 14.8 Å². The highest BCUT2D eigenvalue weighted by Crippen LogP contribution is 2.29. The smallest absolute Gasteiger partial charge is 0.259 e. The van der Waals surface area contributed by atoms with Gasteiger partial charge in [-0.2, -0.15) is 5.10 Å². The Bertz CT molecular complexity index is 1110. The number of nitrogens with zero attached hydrogens (tertiary/aromatic N) is 2. The maximum atomic E-state index is 12.5. The number of hydrogen-bond donors (Lipinski definition) is 2. The van der Waals surface area contributed by atoms with E-state index in [1.54, 1.807) is 6.20 Å². The van der Waals surface area contributed by atoms with Crippen LogP contribution >= 0.6 is 11.9 Å². The number of nitrogens with one attached hydrogen (secondary N) is 1. The Kier molecular flexibility index (Phi) is 3.91. The molecule has 3 N–H and O–H groups in total. The molecule has 0 saturated carbocycles. The van der Waals surface area contributed by atoms with Gasteiger partial charge < -0.3 is 4.98 Å². The number of pyridine rings is 1. The molecule has 2 aromatic heterocycles. The highest BCUT2D eigenvalue weighted by atomic mass is 32.2. The number of nitrogens with two attached hydrogens (primary N) is 1. The molecule has 0 amide bonds.